The molecule has 11 heteroatoms. The van der Waals surface area contributed by atoms with Gasteiger partial charge < -0.3 is 9.16 Å². The van der Waals surface area contributed by atoms with Gasteiger partial charge in [0.2, 0.25) is 5.75 Å². The fraction of sp³-hybridized carbons (Fsp3) is 0.280. The Balaban J connectivity index is 1.72. The summed E-state index contributed by atoms with van der Waals surface area (Å²) in [6, 6.07) is 14.0. The van der Waals surface area contributed by atoms with E-state index in [0.29, 0.717) is 34.4 Å². The molecule has 0 aliphatic rings. The van der Waals surface area contributed by atoms with Gasteiger partial charge in [0.1, 0.15) is 17.1 Å². The second kappa shape index (κ2) is 10.3. The van der Waals surface area contributed by atoms with E-state index in [1.807, 2.05) is 12.1 Å². The molecule has 4 aromatic rings. The van der Waals surface area contributed by atoms with E-state index in [1.165, 1.54) is 15.6 Å². The van der Waals surface area contributed by atoms with Gasteiger partial charge >= 0.3 is 5.56 Å². The standard InChI is InChI=1S/C25H27BrClN5O3Si/c1-25(2,3)36(4,5)34-16-19-15-31(30-29-19)22-14-28-32(20-10-8-18(27)9-11-20)24(33)23(22)35-21-12-6-17(26)7-13-21/h6-15H,16H2,1-5H3. The lowest BCUT2D eigenvalue weighted by Gasteiger charge is -2.35. The van der Waals surface area contributed by atoms with Crippen LogP contribution in [0.15, 0.2) is 70.2 Å². The number of nitrogens with zero attached hydrogens (tertiary/aromatic N) is 5. The van der Waals surface area contributed by atoms with Crippen molar-refractivity contribution in [2.45, 2.75) is 45.5 Å². The molecule has 0 spiro atoms. The van der Waals surface area contributed by atoms with Gasteiger partial charge in [0.25, 0.3) is 0 Å². The van der Waals surface area contributed by atoms with Gasteiger partial charge in [-0.15, -0.1) is 5.10 Å². The lowest BCUT2D eigenvalue weighted by atomic mass is 10.2. The highest BCUT2D eigenvalue weighted by Crippen LogP contribution is 2.37. The minimum atomic E-state index is -1.96. The fourth-order valence-electron chi connectivity index (χ4n) is 3.03. The van der Waals surface area contributed by atoms with Gasteiger partial charge in [0.15, 0.2) is 8.32 Å². The summed E-state index contributed by atoms with van der Waals surface area (Å²) in [4.78, 5) is 13.5. The maximum Gasteiger partial charge on any atom is 0.316 e. The van der Waals surface area contributed by atoms with Crippen molar-refractivity contribution < 1.29 is 9.16 Å². The van der Waals surface area contributed by atoms with Gasteiger partial charge in [-0.25, -0.2) is 4.68 Å². The largest absolute Gasteiger partial charge is 0.449 e. The van der Waals surface area contributed by atoms with Crippen molar-refractivity contribution in [3.05, 3.63) is 86.5 Å². The molecule has 0 atom stereocenters. The van der Waals surface area contributed by atoms with Crippen LogP contribution < -0.4 is 10.3 Å². The van der Waals surface area contributed by atoms with Crippen molar-refractivity contribution in [3.8, 4) is 22.9 Å². The van der Waals surface area contributed by atoms with Gasteiger partial charge in [-0.3, -0.25) is 4.79 Å². The summed E-state index contributed by atoms with van der Waals surface area (Å²) in [7, 11) is -1.96. The molecule has 2 heterocycles. The Morgan fingerprint density at radius 3 is 2.36 bits per heavy atom. The Morgan fingerprint density at radius 2 is 1.72 bits per heavy atom. The Hall–Kier alpha value is -2.79. The monoisotopic (exact) mass is 587 g/mol. The summed E-state index contributed by atoms with van der Waals surface area (Å²) in [5.41, 5.74) is 1.11. The summed E-state index contributed by atoms with van der Waals surface area (Å²) >= 11 is 9.43. The summed E-state index contributed by atoms with van der Waals surface area (Å²) in [5, 5.41) is 13.5. The molecular formula is C25H27BrClN5O3Si. The minimum Gasteiger partial charge on any atom is -0.449 e. The van der Waals surface area contributed by atoms with E-state index < -0.39 is 13.9 Å². The van der Waals surface area contributed by atoms with E-state index in [4.69, 9.17) is 20.8 Å². The van der Waals surface area contributed by atoms with Crippen molar-refractivity contribution in [2.24, 2.45) is 0 Å². The van der Waals surface area contributed by atoms with Crippen LogP contribution >= 0.6 is 27.5 Å². The maximum absolute atomic E-state index is 13.5. The Morgan fingerprint density at radius 1 is 1.06 bits per heavy atom. The average Bonchev–Trinajstić information content (AvgIpc) is 3.29. The van der Waals surface area contributed by atoms with E-state index in [0.717, 1.165) is 4.47 Å². The Labute approximate surface area is 224 Å². The number of aromatic nitrogens is 5. The van der Waals surface area contributed by atoms with Gasteiger partial charge in [-0.05, 0) is 66.7 Å². The van der Waals surface area contributed by atoms with Crippen LogP contribution in [-0.2, 0) is 11.0 Å². The number of rotatable bonds is 7. The van der Waals surface area contributed by atoms with Crippen LogP contribution in [-0.4, -0.2) is 33.1 Å². The van der Waals surface area contributed by atoms with Crippen LogP contribution in [0.2, 0.25) is 23.2 Å². The summed E-state index contributed by atoms with van der Waals surface area (Å²) in [5.74, 6) is 0.552. The average molecular weight is 589 g/mol. The second-order valence-electron chi connectivity index (χ2n) is 9.81. The molecule has 2 aromatic heterocycles. The van der Waals surface area contributed by atoms with Gasteiger partial charge in [0.05, 0.1) is 24.7 Å². The van der Waals surface area contributed by atoms with Crippen LogP contribution in [0, 0.1) is 0 Å². The predicted molar refractivity (Wildman–Crippen MR) is 146 cm³/mol. The number of halogens is 2. The topological polar surface area (TPSA) is 84.1 Å². The maximum atomic E-state index is 13.5. The third kappa shape index (κ3) is 5.78. The zero-order chi connectivity index (χ0) is 26.1. The van der Waals surface area contributed by atoms with Crippen LogP contribution in [0.5, 0.6) is 11.5 Å². The van der Waals surface area contributed by atoms with Crippen molar-refractivity contribution in [3.63, 3.8) is 0 Å². The zero-order valence-electron chi connectivity index (χ0n) is 20.7. The molecule has 0 aliphatic heterocycles. The third-order valence-corrected chi connectivity index (χ3v) is 11.5. The van der Waals surface area contributed by atoms with E-state index in [1.54, 1.807) is 42.6 Å². The molecule has 0 saturated heterocycles. The number of ether oxygens (including phenoxy) is 1. The minimum absolute atomic E-state index is 0.0593. The van der Waals surface area contributed by atoms with Crippen molar-refractivity contribution in [2.75, 3.05) is 0 Å². The molecule has 0 fully saturated rings. The lowest BCUT2D eigenvalue weighted by Crippen LogP contribution is -2.40. The van der Waals surface area contributed by atoms with Gasteiger partial charge in [-0.1, -0.05) is 53.5 Å². The molecule has 8 nitrogen and oxygen atoms in total. The smallest absolute Gasteiger partial charge is 0.316 e. The zero-order valence-corrected chi connectivity index (χ0v) is 24.0. The SMILES string of the molecule is CC(C)(C)[Si](C)(C)OCc1cn(-c2cnn(-c3ccc(Cl)cc3)c(=O)c2Oc2ccc(Br)cc2)nn1. The van der Waals surface area contributed by atoms with Crippen molar-refractivity contribution in [1.29, 1.82) is 0 Å². The highest BCUT2D eigenvalue weighted by molar-refractivity contribution is 9.10. The van der Waals surface area contributed by atoms with E-state index >= 15 is 0 Å². The lowest BCUT2D eigenvalue weighted by molar-refractivity contribution is 0.272. The molecule has 36 heavy (non-hydrogen) atoms. The molecule has 188 valence electrons. The fourth-order valence-corrected chi connectivity index (χ4v) is 4.36. The first-order valence-corrected chi connectivity index (χ1v) is 15.4. The van der Waals surface area contributed by atoms with E-state index in [9.17, 15) is 4.79 Å². The molecule has 0 aliphatic carbocycles. The molecule has 0 N–H and O–H groups in total. The molecular weight excluding hydrogens is 562 g/mol. The third-order valence-electron chi connectivity index (χ3n) is 6.19. The number of hydrogen-bond donors (Lipinski definition) is 0. The Kier molecular flexibility index (Phi) is 7.51. The highest BCUT2D eigenvalue weighted by Gasteiger charge is 2.37. The number of hydrogen-bond acceptors (Lipinski definition) is 6. The van der Waals surface area contributed by atoms with E-state index in [2.05, 4.69) is 65.2 Å². The highest BCUT2D eigenvalue weighted by atomic mass is 79.9. The van der Waals surface area contributed by atoms with Crippen LogP contribution in [0.25, 0.3) is 11.4 Å². The van der Waals surface area contributed by atoms with Gasteiger partial charge in [-0.2, -0.15) is 9.78 Å². The molecule has 0 bridgehead atoms. The molecule has 2 aromatic carbocycles. The molecule has 4 rings (SSSR count). The Bertz CT molecular complexity index is 1410. The first kappa shape index (κ1) is 26.3. The first-order chi connectivity index (χ1) is 16.9. The van der Waals surface area contributed by atoms with Crippen LogP contribution in [0.3, 0.4) is 0 Å². The quantitative estimate of drug-likeness (QED) is 0.228. The van der Waals surface area contributed by atoms with Gasteiger partial charge in [0, 0.05) is 9.50 Å². The van der Waals surface area contributed by atoms with Crippen molar-refractivity contribution in [1.82, 2.24) is 24.8 Å². The van der Waals surface area contributed by atoms with Crippen LogP contribution in [0.4, 0.5) is 0 Å². The van der Waals surface area contributed by atoms with Crippen LogP contribution in [0.1, 0.15) is 26.5 Å². The molecule has 0 saturated carbocycles. The second-order valence-corrected chi connectivity index (χ2v) is 16.0. The number of benzene rings is 2. The van der Waals surface area contributed by atoms with E-state index in [-0.39, 0.29) is 10.8 Å². The summed E-state index contributed by atoms with van der Waals surface area (Å²) in [6.07, 6.45) is 3.25. The predicted octanol–water partition coefficient (Wildman–Crippen LogP) is 6.54. The van der Waals surface area contributed by atoms with Crippen molar-refractivity contribution >= 4 is 35.8 Å². The summed E-state index contributed by atoms with van der Waals surface area (Å²) < 4.78 is 16.0. The summed E-state index contributed by atoms with van der Waals surface area (Å²) in [6.45, 7) is 11.2. The molecule has 0 radical (unpaired) electrons. The first-order valence-electron chi connectivity index (χ1n) is 11.3. The molecule has 0 unspecified atom stereocenters. The normalized spacial score (nSPS) is 12.1. The molecule has 0 amide bonds.